The van der Waals surface area contributed by atoms with Crippen LogP contribution in [0.2, 0.25) is 0 Å². The van der Waals surface area contributed by atoms with Crippen LogP contribution in [0, 0.1) is 0 Å². The topological polar surface area (TPSA) is 119 Å². The van der Waals surface area contributed by atoms with Gasteiger partial charge in [-0.25, -0.2) is 9.59 Å². The van der Waals surface area contributed by atoms with Gasteiger partial charge in [-0.3, -0.25) is 0 Å². The number of esters is 2. The molecule has 4 rings (SSSR count). The van der Waals surface area contributed by atoms with E-state index in [9.17, 15) is 9.59 Å². The van der Waals surface area contributed by atoms with Crippen molar-refractivity contribution in [1.29, 1.82) is 0 Å². The first-order valence-electron chi connectivity index (χ1n) is 14.1. The Morgan fingerprint density at radius 2 is 1.09 bits per heavy atom. The van der Waals surface area contributed by atoms with Gasteiger partial charge in [0.2, 0.25) is 0 Å². The van der Waals surface area contributed by atoms with Gasteiger partial charge in [0, 0.05) is 28.9 Å². The predicted octanol–water partition coefficient (Wildman–Crippen LogP) is 4.25. The number of thiocarbonyl (C=S) groups is 2. The van der Waals surface area contributed by atoms with Gasteiger partial charge in [-0.15, -0.1) is 0 Å². The highest BCUT2D eigenvalue weighted by molar-refractivity contribution is 7.80. The highest BCUT2D eigenvalue weighted by Crippen LogP contribution is 2.35. The van der Waals surface area contributed by atoms with Crippen LogP contribution in [0.25, 0.3) is 0 Å². The summed E-state index contributed by atoms with van der Waals surface area (Å²) in [6.45, 7) is 8.36. The van der Waals surface area contributed by atoms with E-state index in [1.165, 1.54) is 0 Å². The highest BCUT2D eigenvalue weighted by atomic mass is 32.1. The van der Waals surface area contributed by atoms with Crippen molar-refractivity contribution in [3.63, 3.8) is 0 Å². The first-order valence-corrected chi connectivity index (χ1v) is 14.9. The zero-order chi connectivity index (χ0) is 30.9. The van der Waals surface area contributed by atoms with Gasteiger partial charge in [0.05, 0.1) is 49.7 Å². The van der Waals surface area contributed by atoms with Gasteiger partial charge in [0.1, 0.15) is 11.5 Å². The van der Waals surface area contributed by atoms with Crippen LogP contribution < -0.4 is 30.7 Å². The number of rotatable bonds is 12. The minimum absolute atomic E-state index is 0.258. The molecule has 4 N–H and O–H groups in total. The number of nitrogens with one attached hydrogen (secondary N) is 4. The van der Waals surface area contributed by atoms with Gasteiger partial charge < -0.3 is 40.2 Å². The minimum atomic E-state index is -0.527. The summed E-state index contributed by atoms with van der Waals surface area (Å²) < 4.78 is 23.0. The van der Waals surface area contributed by atoms with Crippen LogP contribution in [-0.2, 0) is 19.1 Å². The third kappa shape index (κ3) is 7.63. The number of hydrogen-bond acceptors (Lipinski definition) is 8. The molecule has 0 amide bonds. The van der Waals surface area contributed by atoms with Crippen molar-refractivity contribution in [2.24, 2.45) is 0 Å². The van der Waals surface area contributed by atoms with Gasteiger partial charge in [-0.1, -0.05) is 36.4 Å². The minimum Gasteiger partial charge on any atom is -0.493 e. The van der Waals surface area contributed by atoms with Crippen LogP contribution >= 0.6 is 24.4 Å². The second-order valence-corrected chi connectivity index (χ2v) is 10.5. The summed E-state index contributed by atoms with van der Waals surface area (Å²) in [7, 11) is 0. The third-order valence-electron chi connectivity index (χ3n) is 6.79. The lowest BCUT2D eigenvalue weighted by Crippen LogP contribution is -2.45. The highest BCUT2D eigenvalue weighted by Gasteiger charge is 2.34. The fourth-order valence-electron chi connectivity index (χ4n) is 4.94. The average molecular weight is 625 g/mol. The molecule has 0 saturated carbocycles. The summed E-state index contributed by atoms with van der Waals surface area (Å²) in [5.41, 5.74) is 3.69. The lowest BCUT2D eigenvalue weighted by Gasteiger charge is -2.31. The molecular formula is C31H36N4O6S2. The van der Waals surface area contributed by atoms with Gasteiger partial charge >= 0.3 is 11.9 Å². The Kier molecular flexibility index (Phi) is 11.0. The van der Waals surface area contributed by atoms with E-state index in [0.29, 0.717) is 63.9 Å². The van der Waals surface area contributed by atoms with Crippen molar-refractivity contribution in [3.05, 3.63) is 82.2 Å². The van der Waals surface area contributed by atoms with Crippen molar-refractivity contribution in [1.82, 2.24) is 21.3 Å². The fraction of sp³-hybridized carbons (Fsp3) is 0.355. The standard InChI is InChI=1S/C31H36N4O6S2/c1-5-38-28(36)24-18(3)32-30(42)34-26(24)20-12-7-9-14-22(20)40-16-11-17-41-23-15-10-8-13-21(23)27-25(29(37)39-6-2)19(4)33-31(43)35-27/h7-10,12-15,26-27H,5-6,11,16-17H2,1-4H3,(H2,32,34,42)(H2,33,35,43). The summed E-state index contributed by atoms with van der Waals surface area (Å²) in [5, 5.41) is 13.2. The smallest absolute Gasteiger partial charge is 0.338 e. The molecule has 2 aliphatic rings. The second kappa shape index (κ2) is 14.8. The molecule has 43 heavy (non-hydrogen) atoms. The van der Waals surface area contributed by atoms with Crippen LogP contribution in [-0.4, -0.2) is 48.6 Å². The van der Waals surface area contributed by atoms with Gasteiger partial charge in [0.15, 0.2) is 10.2 Å². The Bertz CT molecular complexity index is 1350. The molecule has 2 unspecified atom stereocenters. The molecule has 0 aliphatic carbocycles. The number of para-hydroxylation sites is 2. The Labute approximate surface area is 262 Å². The second-order valence-electron chi connectivity index (χ2n) is 9.71. The Hall–Kier alpha value is -4.16. The number of hydrogen-bond donors (Lipinski definition) is 4. The fourth-order valence-corrected chi connectivity index (χ4v) is 5.48. The molecule has 2 heterocycles. The molecule has 10 nitrogen and oxygen atoms in total. The Morgan fingerprint density at radius 1 is 0.698 bits per heavy atom. The van der Waals surface area contributed by atoms with Gasteiger partial charge in [0.25, 0.3) is 0 Å². The first-order chi connectivity index (χ1) is 20.7. The molecular weight excluding hydrogens is 588 g/mol. The van der Waals surface area contributed by atoms with E-state index in [1.54, 1.807) is 27.7 Å². The number of allylic oxidation sites excluding steroid dienone is 2. The first kappa shape index (κ1) is 31.8. The Balaban J connectivity index is 1.44. The van der Waals surface area contributed by atoms with E-state index in [0.717, 1.165) is 11.1 Å². The van der Waals surface area contributed by atoms with E-state index >= 15 is 0 Å². The lowest BCUT2D eigenvalue weighted by atomic mass is 9.95. The molecule has 2 aromatic rings. The van der Waals surface area contributed by atoms with Crippen molar-refractivity contribution in [2.45, 2.75) is 46.2 Å². The molecule has 0 saturated heterocycles. The quantitative estimate of drug-likeness (QED) is 0.154. The summed E-state index contributed by atoms with van der Waals surface area (Å²) in [6, 6.07) is 14.0. The van der Waals surface area contributed by atoms with Crippen molar-refractivity contribution in [2.75, 3.05) is 26.4 Å². The van der Waals surface area contributed by atoms with Crippen LogP contribution in [0.4, 0.5) is 0 Å². The summed E-state index contributed by atoms with van der Waals surface area (Å²) >= 11 is 10.7. The maximum atomic E-state index is 12.8. The summed E-state index contributed by atoms with van der Waals surface area (Å²) in [4.78, 5) is 25.6. The van der Waals surface area contributed by atoms with Crippen molar-refractivity contribution in [3.8, 4) is 11.5 Å². The van der Waals surface area contributed by atoms with Crippen LogP contribution in [0.1, 0.15) is 57.3 Å². The number of carbonyl (C=O) groups excluding carboxylic acids is 2. The van der Waals surface area contributed by atoms with Crippen molar-refractivity contribution >= 4 is 46.6 Å². The summed E-state index contributed by atoms with van der Waals surface area (Å²) in [5.74, 6) is 0.391. The molecule has 2 atom stereocenters. The molecule has 2 aliphatic heterocycles. The van der Waals surface area contributed by atoms with Crippen LogP contribution in [0.3, 0.4) is 0 Å². The molecule has 0 spiro atoms. The zero-order valence-corrected chi connectivity index (χ0v) is 26.2. The SMILES string of the molecule is CCOC(=O)C1=C(C)NC(=S)NC1c1ccccc1OCCCOc1ccccc1C1NC(=S)NC(C)=C1C(=O)OCC. The van der Waals surface area contributed by atoms with Crippen molar-refractivity contribution < 1.29 is 28.5 Å². The Morgan fingerprint density at radius 3 is 1.49 bits per heavy atom. The van der Waals surface area contributed by atoms with Crippen LogP contribution in [0.15, 0.2) is 71.1 Å². The number of carbonyl (C=O) groups is 2. The van der Waals surface area contributed by atoms with Crippen LogP contribution in [0.5, 0.6) is 11.5 Å². The maximum Gasteiger partial charge on any atom is 0.338 e. The molecule has 0 radical (unpaired) electrons. The molecule has 0 bridgehead atoms. The number of benzene rings is 2. The molecule has 0 fully saturated rings. The largest absolute Gasteiger partial charge is 0.493 e. The van der Waals surface area contributed by atoms with Gasteiger partial charge in [-0.2, -0.15) is 0 Å². The third-order valence-corrected chi connectivity index (χ3v) is 7.23. The van der Waals surface area contributed by atoms with E-state index in [1.807, 2.05) is 48.5 Å². The lowest BCUT2D eigenvalue weighted by molar-refractivity contribution is -0.140. The zero-order valence-electron chi connectivity index (χ0n) is 24.6. The number of ether oxygens (including phenoxy) is 4. The molecule has 228 valence electrons. The maximum absolute atomic E-state index is 12.8. The van der Waals surface area contributed by atoms with Gasteiger partial charge in [-0.05, 0) is 64.3 Å². The van der Waals surface area contributed by atoms with E-state index in [2.05, 4.69) is 21.3 Å². The van der Waals surface area contributed by atoms with E-state index in [4.69, 9.17) is 43.4 Å². The van der Waals surface area contributed by atoms with E-state index in [-0.39, 0.29) is 13.2 Å². The summed E-state index contributed by atoms with van der Waals surface area (Å²) in [6.07, 6.45) is 0.567. The monoisotopic (exact) mass is 624 g/mol. The molecule has 0 aromatic heterocycles. The van der Waals surface area contributed by atoms with E-state index < -0.39 is 24.0 Å². The normalized spacial score (nSPS) is 18.1. The molecule has 2 aromatic carbocycles. The molecule has 12 heteroatoms. The predicted molar refractivity (Wildman–Crippen MR) is 170 cm³/mol. The average Bonchev–Trinajstić information content (AvgIpc) is 2.96.